The second-order valence-electron chi connectivity index (χ2n) is 32.3. The van der Waals surface area contributed by atoms with Gasteiger partial charge in [0.2, 0.25) is 70.9 Å². The van der Waals surface area contributed by atoms with Gasteiger partial charge in [-0.2, -0.15) is 26.3 Å². The van der Waals surface area contributed by atoms with Gasteiger partial charge in [-0.3, -0.25) is 57.5 Å². The molecule has 6 fully saturated rings. The van der Waals surface area contributed by atoms with E-state index in [0.29, 0.717) is 44.9 Å². The van der Waals surface area contributed by atoms with Gasteiger partial charge < -0.3 is 60.0 Å². The van der Waals surface area contributed by atoms with Crippen molar-refractivity contribution in [3.05, 3.63) is 12.2 Å². The Bertz CT molecular complexity index is 3210. The van der Waals surface area contributed by atoms with Gasteiger partial charge >= 0.3 is 12.4 Å². The number of likely N-dealkylation sites (N-methyl/N-ethyl adjacent to an activating group) is 7. The van der Waals surface area contributed by atoms with E-state index in [-0.39, 0.29) is 90.3 Å². The van der Waals surface area contributed by atoms with Crippen molar-refractivity contribution in [3.8, 4) is 0 Å². The fourth-order valence-electron chi connectivity index (χ4n) is 17.3. The van der Waals surface area contributed by atoms with Crippen LogP contribution in [0.5, 0.6) is 0 Å². The molecule has 12 amide bonds. The van der Waals surface area contributed by atoms with Crippen molar-refractivity contribution >= 4 is 70.9 Å². The summed E-state index contributed by atoms with van der Waals surface area (Å²) in [5, 5.41) is 8.43. The molecule has 604 valence electrons. The van der Waals surface area contributed by atoms with Crippen LogP contribution in [-0.4, -0.2) is 276 Å². The van der Waals surface area contributed by atoms with Gasteiger partial charge in [-0.1, -0.05) is 73.0 Å². The summed E-state index contributed by atoms with van der Waals surface area (Å²) in [5.74, 6) is -17.5. The lowest BCUT2D eigenvalue weighted by Gasteiger charge is -2.47. The number of amides is 12. The summed E-state index contributed by atoms with van der Waals surface area (Å²) < 4.78 is 115. The zero-order valence-electron chi connectivity index (χ0n) is 64.6. The van der Waals surface area contributed by atoms with Gasteiger partial charge in [0.1, 0.15) is 72.1 Å². The van der Waals surface area contributed by atoms with Gasteiger partial charge in [0.15, 0.2) is 0 Å². The van der Waals surface area contributed by atoms with Crippen LogP contribution < -0.4 is 16.0 Å². The predicted octanol–water partition coefficient (Wildman–Crippen LogP) is 6.97. The van der Waals surface area contributed by atoms with E-state index >= 15 is 37.5 Å². The molecule has 12 atom stereocenters. The van der Waals surface area contributed by atoms with E-state index in [1.165, 1.54) is 68.9 Å². The molecule has 2 bridgehead atoms. The molecule has 7 aliphatic rings. The van der Waals surface area contributed by atoms with E-state index in [9.17, 15) is 55.1 Å². The van der Waals surface area contributed by atoms with Gasteiger partial charge in [0, 0.05) is 69.0 Å². The van der Waals surface area contributed by atoms with Crippen LogP contribution in [0.2, 0.25) is 0 Å². The van der Waals surface area contributed by atoms with Gasteiger partial charge in [0.25, 0.3) is 0 Å². The third-order valence-corrected chi connectivity index (χ3v) is 24.1. The molecule has 2 saturated heterocycles. The van der Waals surface area contributed by atoms with Gasteiger partial charge in [-0.05, 0) is 151 Å². The Morgan fingerprint density at radius 2 is 1.26 bits per heavy atom. The van der Waals surface area contributed by atoms with Crippen LogP contribution in [0.3, 0.4) is 0 Å². The van der Waals surface area contributed by atoms with Gasteiger partial charge in [0.05, 0.1) is 25.4 Å². The minimum absolute atomic E-state index is 0.00321. The number of alkyl halides is 8. The van der Waals surface area contributed by atoms with E-state index in [2.05, 4.69) is 16.0 Å². The molecule has 32 heteroatoms. The third-order valence-electron chi connectivity index (χ3n) is 24.1. The van der Waals surface area contributed by atoms with Crippen molar-refractivity contribution in [1.82, 2.24) is 60.0 Å². The van der Waals surface area contributed by atoms with Crippen molar-refractivity contribution in [1.29, 1.82) is 0 Å². The number of nitrogens with zero attached hydrogens (tertiary/aromatic N) is 9. The molecule has 107 heavy (non-hydrogen) atoms. The minimum atomic E-state index is -5.20. The molecule has 3 aliphatic heterocycles. The van der Waals surface area contributed by atoms with Crippen LogP contribution in [-0.2, 0) is 57.5 Å². The molecule has 7 rings (SSSR count). The highest BCUT2D eigenvalue weighted by Crippen LogP contribution is 2.46. The van der Waals surface area contributed by atoms with Crippen LogP contribution in [0.25, 0.3) is 0 Å². The first-order valence-corrected chi connectivity index (χ1v) is 38.5. The molecule has 3 heterocycles. The van der Waals surface area contributed by atoms with Crippen LogP contribution in [0.1, 0.15) is 183 Å². The first kappa shape index (κ1) is 87.1. The molecule has 0 aromatic heterocycles. The Kier molecular flexibility index (Phi) is 30.1. The Hall–Kier alpha value is -7.18. The van der Waals surface area contributed by atoms with Gasteiger partial charge in [-0.25, -0.2) is 8.78 Å². The molecule has 1 spiro atoms. The quantitative estimate of drug-likeness (QED) is 0.132. The molecule has 24 nitrogen and oxygen atoms in total. The number of fused-ring (bicyclic) bond motifs is 3. The smallest absolute Gasteiger partial charge is 0.344 e. The highest BCUT2D eigenvalue weighted by atomic mass is 19.4. The van der Waals surface area contributed by atoms with Crippen LogP contribution in [0, 0.1) is 47.3 Å². The highest BCUT2D eigenvalue weighted by molar-refractivity contribution is 6.01. The van der Waals surface area contributed by atoms with Crippen LogP contribution in [0.15, 0.2) is 12.2 Å². The molecule has 4 aliphatic carbocycles. The number of halogens is 8. The lowest BCUT2D eigenvalue weighted by Crippen LogP contribution is -2.68. The van der Waals surface area contributed by atoms with Crippen LogP contribution >= 0.6 is 0 Å². The number of hydrogen-bond acceptors (Lipinski definition) is 12. The van der Waals surface area contributed by atoms with Crippen molar-refractivity contribution in [2.45, 2.75) is 261 Å². The van der Waals surface area contributed by atoms with E-state index in [1.807, 2.05) is 6.92 Å². The number of hydrogen-bond donors (Lipinski definition) is 3. The van der Waals surface area contributed by atoms with Crippen molar-refractivity contribution in [3.63, 3.8) is 0 Å². The molecule has 2 unspecified atom stereocenters. The zero-order valence-corrected chi connectivity index (χ0v) is 64.6. The minimum Gasteiger partial charge on any atom is -0.344 e. The fourth-order valence-corrected chi connectivity index (χ4v) is 17.3. The Labute approximate surface area is 624 Å². The standard InChI is InChI=1S/C75H116F8N12O12/c1-14-33-87(7)67(102)55-39-58(97)92(12)62(43(3)4)65(100)85-61(45(6)15-2)70(105)89(9)42-59(98)90(10)53-24-17-16-20-34-94(69(53)104)56(38-46-25-28-49(29-26-46)74(78,79)80)68(103)88(8)41-57(96)84-52(30-27-47-36-50(76)60(51(77)37-47)75(81,82)83)66(101)95-40-44(5)35-54(95)64(99)86-73(31-21-32-73)72(107)93(13)63(71(106)91(55)11)48-22-18-19-23-48/h16-17,43-56,60-63H,14-15,18-42H2,1-13H3,(H,84,96)(H,85,100)(H,86,99)/b17-16-/t44-,45-,46?,47?,49?,50?,51?,52-,53-,54-,55-,56-,60?,61-,62-,63-/m0/s1. The average Bonchev–Trinajstić information content (AvgIpc) is 1.74. The molecule has 4 saturated carbocycles. The van der Waals surface area contributed by atoms with Crippen LogP contribution in [0.4, 0.5) is 35.1 Å². The summed E-state index contributed by atoms with van der Waals surface area (Å²) in [5.41, 5.74) is -1.65. The van der Waals surface area contributed by atoms with Crippen molar-refractivity contribution in [2.24, 2.45) is 47.3 Å². The van der Waals surface area contributed by atoms with Gasteiger partial charge in [-0.15, -0.1) is 0 Å². The SMILES string of the molecule is CCCN(C)C(=O)[C@@H]1CC(=O)N(C)[C@@H](C(C)C)C(=O)N[C@@H]([C@@H](C)CC)C(=O)N(C)CC(=O)N(C)[C@H]2C/C=C\CCN(C2=O)[C@@H](CC2CCC(C(F)(F)F)CC2)C(=O)N(C)CC(=O)N[C@@H](CCC2CC(F)C(C(F)(F)F)C(F)C2)C(=O)N2C[C@@H](C)C[C@H]2C(=O)NC2(CCC2)C(=O)N(C)[C@@H](C2CCCC2)C(=O)N1C. The molecule has 0 aromatic carbocycles. The molecule has 3 N–H and O–H groups in total. The summed E-state index contributed by atoms with van der Waals surface area (Å²) in [4.78, 5) is 192. The van der Waals surface area contributed by atoms with E-state index < -0.39 is 236 Å². The lowest BCUT2D eigenvalue weighted by molar-refractivity contribution is -0.219. The number of nitrogens with one attached hydrogen (secondary N) is 3. The second-order valence-corrected chi connectivity index (χ2v) is 32.3. The fraction of sp³-hybridized carbons (Fsp3) is 0.813. The Balaban J connectivity index is 1.31. The number of carbonyl (C=O) groups excluding carboxylic acids is 12. The molecule has 0 aromatic rings. The monoisotopic (exact) mass is 1530 g/mol. The van der Waals surface area contributed by atoms with E-state index in [1.54, 1.807) is 46.8 Å². The lowest BCUT2D eigenvalue weighted by atomic mass is 9.74. The van der Waals surface area contributed by atoms with E-state index in [4.69, 9.17) is 0 Å². The first-order chi connectivity index (χ1) is 50.1. The largest absolute Gasteiger partial charge is 0.397 e. The summed E-state index contributed by atoms with van der Waals surface area (Å²) in [7, 11) is 9.57. The molecule has 0 radical (unpaired) electrons. The maximum absolute atomic E-state index is 15.6. The maximum atomic E-state index is 15.6. The summed E-state index contributed by atoms with van der Waals surface area (Å²) in [6.07, 6.45) is -11.4. The summed E-state index contributed by atoms with van der Waals surface area (Å²) in [6.45, 7) is 8.87. The zero-order chi connectivity index (χ0) is 79.6. The molecular weight excluding hydrogens is 1410 g/mol. The first-order valence-electron chi connectivity index (χ1n) is 38.5. The average molecular weight is 1530 g/mol. The summed E-state index contributed by atoms with van der Waals surface area (Å²) in [6, 6.07) is -11.2. The highest BCUT2D eigenvalue weighted by Gasteiger charge is 2.56. The Morgan fingerprint density at radius 3 is 1.82 bits per heavy atom. The maximum Gasteiger partial charge on any atom is 0.397 e. The topological polar surface area (TPSA) is 270 Å². The predicted molar refractivity (Wildman–Crippen MR) is 379 cm³/mol. The van der Waals surface area contributed by atoms with Crippen molar-refractivity contribution < 1.29 is 92.7 Å². The summed E-state index contributed by atoms with van der Waals surface area (Å²) >= 11 is 0. The van der Waals surface area contributed by atoms with Crippen molar-refractivity contribution in [2.75, 3.05) is 82.1 Å². The third kappa shape index (κ3) is 20.8. The van der Waals surface area contributed by atoms with E-state index in [0.717, 1.165) is 24.5 Å². The normalized spacial score (nSPS) is 32.2. The number of rotatable bonds is 12. The Morgan fingerprint density at radius 1 is 0.645 bits per heavy atom. The second kappa shape index (κ2) is 37.0. The molecular formula is C75H116F8N12O12. The number of carbonyl (C=O) groups is 12.